The van der Waals surface area contributed by atoms with Crippen LogP contribution in [0.5, 0.6) is 0 Å². The molecule has 1 rings (SSSR count). The van der Waals surface area contributed by atoms with E-state index in [1.54, 1.807) is 0 Å². The smallest absolute Gasteiger partial charge is 0.328 e. The molecule has 1 saturated carbocycles. The Morgan fingerprint density at radius 2 is 1.69 bits per heavy atom. The molecule has 0 spiro atoms. The Hall–Kier alpha value is -1.32. The fourth-order valence-corrected chi connectivity index (χ4v) is 2.28. The van der Waals surface area contributed by atoms with E-state index < -0.39 is 11.9 Å². The molecule has 2 N–H and O–H groups in total. The van der Waals surface area contributed by atoms with E-state index in [0.29, 0.717) is 6.42 Å². The van der Waals surface area contributed by atoms with Gasteiger partial charge in [-0.25, -0.2) is 4.79 Å². The maximum Gasteiger partial charge on any atom is 0.328 e. The standard InChI is InChI=1S/C12H18O4/c13-11(14)7-6-10(8-12(15)16)9-4-2-1-3-5-9/h8-9H,1-7H2,(H,13,14)(H,15,16)/b10-8-. The third kappa shape index (κ3) is 4.47. The van der Waals surface area contributed by atoms with E-state index in [9.17, 15) is 9.59 Å². The van der Waals surface area contributed by atoms with Crippen LogP contribution in [0, 0.1) is 5.92 Å². The normalized spacial score (nSPS) is 18.4. The van der Waals surface area contributed by atoms with E-state index in [4.69, 9.17) is 10.2 Å². The van der Waals surface area contributed by atoms with Crippen molar-refractivity contribution in [3.05, 3.63) is 11.6 Å². The number of hydrogen-bond donors (Lipinski definition) is 2. The van der Waals surface area contributed by atoms with Crippen molar-refractivity contribution in [2.45, 2.75) is 44.9 Å². The summed E-state index contributed by atoms with van der Waals surface area (Å²) in [7, 11) is 0. The molecule has 4 heteroatoms. The molecule has 16 heavy (non-hydrogen) atoms. The Balaban J connectivity index is 2.62. The molecule has 4 nitrogen and oxygen atoms in total. The van der Waals surface area contributed by atoms with Gasteiger partial charge in [0.05, 0.1) is 0 Å². The highest BCUT2D eigenvalue weighted by Crippen LogP contribution is 2.31. The van der Waals surface area contributed by atoms with Crippen LogP contribution in [0.2, 0.25) is 0 Å². The second-order valence-corrected chi connectivity index (χ2v) is 4.29. The molecule has 0 saturated heterocycles. The molecule has 0 amide bonds. The van der Waals surface area contributed by atoms with Gasteiger partial charge >= 0.3 is 11.9 Å². The summed E-state index contributed by atoms with van der Waals surface area (Å²) in [5.74, 6) is -1.55. The first-order valence-corrected chi connectivity index (χ1v) is 5.75. The van der Waals surface area contributed by atoms with Gasteiger partial charge in [0.25, 0.3) is 0 Å². The Kier molecular flexibility index (Phi) is 5.02. The predicted molar refractivity (Wildman–Crippen MR) is 59.2 cm³/mol. The van der Waals surface area contributed by atoms with Crippen molar-refractivity contribution in [2.24, 2.45) is 5.92 Å². The van der Waals surface area contributed by atoms with Crippen molar-refractivity contribution >= 4 is 11.9 Å². The second kappa shape index (κ2) is 6.30. The zero-order valence-corrected chi connectivity index (χ0v) is 9.32. The van der Waals surface area contributed by atoms with Crippen LogP contribution in [-0.2, 0) is 9.59 Å². The highest BCUT2D eigenvalue weighted by atomic mass is 16.4. The molecule has 0 unspecified atom stereocenters. The second-order valence-electron chi connectivity index (χ2n) is 4.29. The zero-order valence-electron chi connectivity index (χ0n) is 9.32. The maximum atomic E-state index is 10.7. The largest absolute Gasteiger partial charge is 0.481 e. The average Bonchev–Trinajstić information content (AvgIpc) is 2.25. The van der Waals surface area contributed by atoms with Gasteiger partial charge in [0, 0.05) is 12.5 Å². The Morgan fingerprint density at radius 3 is 2.19 bits per heavy atom. The summed E-state index contributed by atoms with van der Waals surface area (Å²) in [5.41, 5.74) is 0.801. The summed E-state index contributed by atoms with van der Waals surface area (Å²) in [5, 5.41) is 17.4. The minimum absolute atomic E-state index is 0.0234. The van der Waals surface area contributed by atoms with E-state index in [2.05, 4.69) is 0 Å². The summed E-state index contributed by atoms with van der Waals surface area (Å²) in [6.07, 6.45) is 7.04. The minimum atomic E-state index is -0.967. The van der Waals surface area contributed by atoms with Gasteiger partial charge in [-0.2, -0.15) is 0 Å². The van der Waals surface area contributed by atoms with Crippen molar-refractivity contribution in [1.82, 2.24) is 0 Å². The average molecular weight is 226 g/mol. The van der Waals surface area contributed by atoms with Crippen molar-refractivity contribution in [1.29, 1.82) is 0 Å². The van der Waals surface area contributed by atoms with Crippen molar-refractivity contribution < 1.29 is 19.8 Å². The quantitative estimate of drug-likeness (QED) is 0.706. The van der Waals surface area contributed by atoms with Crippen LogP contribution >= 0.6 is 0 Å². The zero-order chi connectivity index (χ0) is 12.0. The third-order valence-corrected chi connectivity index (χ3v) is 3.07. The Labute approximate surface area is 95.0 Å². The van der Waals surface area contributed by atoms with E-state index in [0.717, 1.165) is 31.3 Å². The van der Waals surface area contributed by atoms with Crippen molar-refractivity contribution in [3.63, 3.8) is 0 Å². The Morgan fingerprint density at radius 1 is 1.06 bits per heavy atom. The van der Waals surface area contributed by atoms with E-state index in [1.165, 1.54) is 12.5 Å². The van der Waals surface area contributed by atoms with Gasteiger partial charge < -0.3 is 10.2 Å². The third-order valence-electron chi connectivity index (χ3n) is 3.07. The molecule has 90 valence electrons. The molecule has 0 bridgehead atoms. The first-order chi connectivity index (χ1) is 7.59. The highest BCUT2D eigenvalue weighted by molar-refractivity contribution is 5.81. The summed E-state index contributed by atoms with van der Waals surface area (Å²) in [6, 6.07) is 0. The Bertz CT molecular complexity index is 287. The number of carbonyl (C=O) groups is 2. The van der Waals surface area contributed by atoms with E-state index in [1.807, 2.05) is 0 Å². The lowest BCUT2D eigenvalue weighted by molar-refractivity contribution is -0.137. The molecule has 0 heterocycles. The molecule has 0 radical (unpaired) electrons. The minimum Gasteiger partial charge on any atom is -0.481 e. The van der Waals surface area contributed by atoms with Crippen molar-refractivity contribution in [3.8, 4) is 0 Å². The molecule has 0 aromatic heterocycles. The molecule has 0 aliphatic heterocycles. The van der Waals surface area contributed by atoms with Gasteiger partial charge in [-0.1, -0.05) is 24.8 Å². The van der Waals surface area contributed by atoms with Crippen LogP contribution in [0.4, 0.5) is 0 Å². The summed E-state index contributed by atoms with van der Waals surface area (Å²) < 4.78 is 0. The number of allylic oxidation sites excluding steroid dienone is 1. The van der Waals surface area contributed by atoms with Crippen molar-refractivity contribution in [2.75, 3.05) is 0 Å². The van der Waals surface area contributed by atoms with Gasteiger partial charge in [0.1, 0.15) is 0 Å². The van der Waals surface area contributed by atoms with Gasteiger partial charge in [-0.15, -0.1) is 0 Å². The molecule has 1 aliphatic rings. The lowest BCUT2D eigenvalue weighted by atomic mass is 9.82. The first kappa shape index (κ1) is 12.7. The van der Waals surface area contributed by atoms with Gasteiger partial charge in [-0.05, 0) is 25.2 Å². The fourth-order valence-electron chi connectivity index (χ4n) is 2.28. The number of hydrogen-bond acceptors (Lipinski definition) is 2. The number of aliphatic carboxylic acids is 2. The number of carboxylic acid groups (broad SMARTS) is 2. The molecule has 0 aromatic carbocycles. The molecular formula is C12H18O4. The molecule has 1 aliphatic carbocycles. The lowest BCUT2D eigenvalue weighted by Crippen LogP contribution is -2.12. The van der Waals surface area contributed by atoms with Crippen LogP contribution in [0.1, 0.15) is 44.9 Å². The highest BCUT2D eigenvalue weighted by Gasteiger charge is 2.19. The van der Waals surface area contributed by atoms with Crippen LogP contribution < -0.4 is 0 Å². The summed E-state index contributed by atoms with van der Waals surface area (Å²) in [4.78, 5) is 21.2. The fraction of sp³-hybridized carbons (Fsp3) is 0.667. The SMILES string of the molecule is O=C(O)/C=C(/CCC(=O)O)C1CCCCC1. The topological polar surface area (TPSA) is 74.6 Å². The van der Waals surface area contributed by atoms with Crippen LogP contribution in [-0.4, -0.2) is 22.2 Å². The number of rotatable bonds is 5. The molecule has 0 aromatic rings. The summed E-state index contributed by atoms with van der Waals surface area (Å²) >= 11 is 0. The van der Waals surface area contributed by atoms with Crippen LogP contribution in [0.15, 0.2) is 11.6 Å². The molecular weight excluding hydrogens is 208 g/mol. The lowest BCUT2D eigenvalue weighted by Gasteiger charge is -2.24. The molecule has 1 fully saturated rings. The number of carboxylic acids is 2. The first-order valence-electron chi connectivity index (χ1n) is 5.75. The van der Waals surface area contributed by atoms with Crippen LogP contribution in [0.3, 0.4) is 0 Å². The summed E-state index contributed by atoms with van der Waals surface area (Å²) in [6.45, 7) is 0. The maximum absolute atomic E-state index is 10.7. The van der Waals surface area contributed by atoms with Gasteiger partial charge in [0.15, 0.2) is 0 Å². The predicted octanol–water partition coefficient (Wildman–Crippen LogP) is 2.44. The van der Waals surface area contributed by atoms with Gasteiger partial charge in [0.2, 0.25) is 0 Å². The van der Waals surface area contributed by atoms with E-state index >= 15 is 0 Å². The molecule has 0 atom stereocenters. The van der Waals surface area contributed by atoms with Gasteiger partial charge in [-0.3, -0.25) is 4.79 Å². The monoisotopic (exact) mass is 226 g/mol. The van der Waals surface area contributed by atoms with Crippen LogP contribution in [0.25, 0.3) is 0 Å². The van der Waals surface area contributed by atoms with E-state index in [-0.39, 0.29) is 12.3 Å².